The van der Waals surface area contributed by atoms with Crippen LogP contribution in [-0.4, -0.2) is 74.2 Å². The molecular weight excluding hydrogens is 642 g/mol. The standard InChI is InChI=1S/C27H30ClN3O9S3/c1-17-24(40-14-23(32)33)26(27(34)35)41-25(17)18-6-4-7-21(13-18)29-20-9-11-31(12-10-20)43(38,39)15-19-5-2-3-8-22(19)30-42(36,37)16-28/h2-8,13,20,29-30H,9-12,14-16H2,1H3,(H,32,33)(H,34,35). The van der Waals surface area contributed by atoms with Crippen LogP contribution in [-0.2, 0) is 30.6 Å². The first-order chi connectivity index (χ1) is 20.3. The molecule has 4 N–H and O–H groups in total. The third-order valence-electron chi connectivity index (χ3n) is 6.73. The second-order valence-electron chi connectivity index (χ2n) is 9.84. The van der Waals surface area contributed by atoms with Gasteiger partial charge in [0.05, 0.1) is 11.4 Å². The number of nitrogens with zero attached hydrogens (tertiary/aromatic N) is 1. The lowest BCUT2D eigenvalue weighted by Gasteiger charge is -2.32. The van der Waals surface area contributed by atoms with Crippen LogP contribution in [0, 0.1) is 6.92 Å². The van der Waals surface area contributed by atoms with E-state index in [0.717, 1.165) is 22.6 Å². The van der Waals surface area contributed by atoms with E-state index in [-0.39, 0.29) is 41.2 Å². The molecule has 4 rings (SSSR count). The molecule has 1 aromatic heterocycles. The number of carbonyl (C=O) groups is 2. The van der Waals surface area contributed by atoms with Gasteiger partial charge in [-0.25, -0.2) is 30.7 Å². The quantitative estimate of drug-likeness (QED) is 0.192. The van der Waals surface area contributed by atoms with Crippen LogP contribution in [0.3, 0.4) is 0 Å². The second-order valence-corrected chi connectivity index (χ2v) is 15.1. The fourth-order valence-electron chi connectivity index (χ4n) is 4.71. The number of benzene rings is 2. The Morgan fingerprint density at radius 3 is 2.42 bits per heavy atom. The number of piperidine rings is 1. The summed E-state index contributed by atoms with van der Waals surface area (Å²) < 4.78 is 59.3. The summed E-state index contributed by atoms with van der Waals surface area (Å²) in [6, 6.07) is 13.6. The summed E-state index contributed by atoms with van der Waals surface area (Å²) in [5, 5.41) is 21.3. The van der Waals surface area contributed by atoms with Crippen LogP contribution in [0.4, 0.5) is 11.4 Å². The van der Waals surface area contributed by atoms with Crippen LogP contribution in [0.25, 0.3) is 10.4 Å². The molecular formula is C27H30ClN3O9S3. The van der Waals surface area contributed by atoms with Crippen LogP contribution >= 0.6 is 22.9 Å². The molecule has 2 heterocycles. The number of rotatable bonds is 13. The molecule has 232 valence electrons. The maximum Gasteiger partial charge on any atom is 0.349 e. The van der Waals surface area contributed by atoms with Crippen LogP contribution in [0.15, 0.2) is 48.5 Å². The summed E-state index contributed by atoms with van der Waals surface area (Å²) in [7, 11) is -7.54. The van der Waals surface area contributed by atoms with E-state index < -0.39 is 43.8 Å². The molecule has 0 atom stereocenters. The molecule has 0 spiro atoms. The highest BCUT2D eigenvalue weighted by atomic mass is 35.5. The van der Waals surface area contributed by atoms with Crippen LogP contribution in [0.2, 0.25) is 0 Å². The van der Waals surface area contributed by atoms with Gasteiger partial charge in [0.1, 0.15) is 11.0 Å². The second kappa shape index (κ2) is 13.5. The molecule has 1 aliphatic heterocycles. The highest BCUT2D eigenvalue weighted by Gasteiger charge is 2.29. The number of ether oxygens (including phenoxy) is 1. The van der Waals surface area contributed by atoms with Crippen LogP contribution in [0.5, 0.6) is 5.75 Å². The van der Waals surface area contributed by atoms with Gasteiger partial charge < -0.3 is 20.3 Å². The number of carboxylic acid groups (broad SMARTS) is 2. The van der Waals surface area contributed by atoms with Crippen molar-refractivity contribution in [1.82, 2.24) is 4.31 Å². The van der Waals surface area contributed by atoms with Gasteiger partial charge in [0, 0.05) is 35.3 Å². The number of para-hydroxylation sites is 1. The molecule has 0 radical (unpaired) electrons. The Morgan fingerprint density at radius 1 is 1.07 bits per heavy atom. The third kappa shape index (κ3) is 8.17. The topological polar surface area (TPSA) is 179 Å². The van der Waals surface area contributed by atoms with E-state index in [1.165, 1.54) is 10.4 Å². The Labute approximate surface area is 258 Å². The molecule has 0 bridgehead atoms. The molecule has 12 nitrogen and oxygen atoms in total. The maximum absolute atomic E-state index is 13.2. The summed E-state index contributed by atoms with van der Waals surface area (Å²) in [5.74, 6) is -2.77. The number of hydrogen-bond acceptors (Lipinski definition) is 9. The van der Waals surface area contributed by atoms with Gasteiger partial charge in [-0.2, -0.15) is 0 Å². The molecule has 2 aromatic carbocycles. The van der Waals surface area contributed by atoms with Crippen molar-refractivity contribution in [3.05, 3.63) is 64.5 Å². The Hall–Kier alpha value is -3.37. The lowest BCUT2D eigenvalue weighted by Crippen LogP contribution is -2.42. The molecule has 3 aromatic rings. The predicted octanol–water partition coefficient (Wildman–Crippen LogP) is 4.23. The fourth-order valence-corrected chi connectivity index (χ4v) is 8.15. The van der Waals surface area contributed by atoms with Gasteiger partial charge in [-0.1, -0.05) is 30.3 Å². The first-order valence-corrected chi connectivity index (χ1v) is 17.6. The highest BCUT2D eigenvalue weighted by molar-refractivity contribution is 7.93. The predicted molar refractivity (Wildman–Crippen MR) is 165 cm³/mol. The van der Waals surface area contributed by atoms with Crippen molar-refractivity contribution in [3.63, 3.8) is 0 Å². The van der Waals surface area contributed by atoms with E-state index in [9.17, 15) is 31.5 Å². The highest BCUT2D eigenvalue weighted by Crippen LogP contribution is 2.42. The number of halogens is 1. The number of carboxylic acids is 2. The van der Waals surface area contributed by atoms with Crippen molar-refractivity contribution in [3.8, 4) is 16.2 Å². The van der Waals surface area contributed by atoms with E-state index >= 15 is 0 Å². The first-order valence-electron chi connectivity index (χ1n) is 13.0. The van der Waals surface area contributed by atoms with Gasteiger partial charge in [-0.05, 0) is 49.1 Å². The number of alkyl halides is 1. The minimum Gasteiger partial charge on any atom is -0.480 e. The van der Waals surface area contributed by atoms with E-state index in [2.05, 4.69) is 10.0 Å². The number of thiophene rings is 1. The molecule has 0 saturated carbocycles. The third-order valence-corrected chi connectivity index (χ3v) is 11.6. The van der Waals surface area contributed by atoms with Gasteiger partial charge in [0.15, 0.2) is 11.5 Å². The zero-order valence-corrected chi connectivity index (χ0v) is 26.2. The minimum atomic E-state index is -3.80. The largest absolute Gasteiger partial charge is 0.480 e. The number of aliphatic carboxylic acids is 1. The normalized spacial score (nSPS) is 14.7. The van der Waals surface area contributed by atoms with E-state index in [1.807, 2.05) is 24.3 Å². The fraction of sp³-hybridized carbons (Fsp3) is 0.333. The van der Waals surface area contributed by atoms with Crippen molar-refractivity contribution >= 4 is 66.3 Å². The summed E-state index contributed by atoms with van der Waals surface area (Å²) >= 11 is 6.48. The van der Waals surface area contributed by atoms with Gasteiger partial charge in [-0.15, -0.1) is 22.9 Å². The van der Waals surface area contributed by atoms with Crippen molar-refractivity contribution < 1.29 is 41.4 Å². The van der Waals surface area contributed by atoms with Crippen molar-refractivity contribution in [2.75, 3.05) is 34.9 Å². The monoisotopic (exact) mass is 671 g/mol. The lowest BCUT2D eigenvalue weighted by atomic mass is 10.0. The van der Waals surface area contributed by atoms with Crippen molar-refractivity contribution in [1.29, 1.82) is 0 Å². The molecule has 1 fully saturated rings. The van der Waals surface area contributed by atoms with Gasteiger partial charge >= 0.3 is 11.9 Å². The average Bonchev–Trinajstić information content (AvgIpc) is 3.29. The number of anilines is 2. The number of nitrogens with one attached hydrogen (secondary N) is 2. The van der Waals surface area contributed by atoms with Crippen LogP contribution in [0.1, 0.15) is 33.6 Å². The maximum atomic E-state index is 13.2. The summed E-state index contributed by atoms with van der Waals surface area (Å²) in [6.45, 7) is 1.56. The molecule has 1 aliphatic rings. The van der Waals surface area contributed by atoms with Gasteiger partial charge in [0.25, 0.3) is 0 Å². The van der Waals surface area contributed by atoms with E-state index in [1.54, 1.807) is 25.1 Å². The Morgan fingerprint density at radius 2 is 1.77 bits per heavy atom. The molecule has 0 aliphatic carbocycles. The Balaban J connectivity index is 1.42. The lowest BCUT2D eigenvalue weighted by molar-refractivity contribution is -0.139. The van der Waals surface area contributed by atoms with Crippen molar-refractivity contribution in [2.24, 2.45) is 0 Å². The molecule has 0 unspecified atom stereocenters. The summed E-state index contributed by atoms with van der Waals surface area (Å²) in [5.41, 5.74) is 2.50. The number of sulfonamides is 2. The molecule has 0 amide bonds. The Kier molecular flexibility index (Phi) is 10.2. The summed E-state index contributed by atoms with van der Waals surface area (Å²) in [4.78, 5) is 23.3. The number of hydrogen-bond donors (Lipinski definition) is 4. The van der Waals surface area contributed by atoms with E-state index in [4.69, 9.17) is 21.4 Å². The number of aromatic carboxylic acids is 1. The average molecular weight is 672 g/mol. The Bertz CT molecular complexity index is 1720. The van der Waals surface area contributed by atoms with Gasteiger partial charge in [-0.3, -0.25) is 4.72 Å². The van der Waals surface area contributed by atoms with Gasteiger partial charge in [0.2, 0.25) is 20.0 Å². The van der Waals surface area contributed by atoms with Crippen LogP contribution < -0.4 is 14.8 Å². The SMILES string of the molecule is Cc1c(-c2cccc(NC3CCN(S(=O)(=O)Cc4ccccc4NS(=O)(=O)CCl)CC3)c2)sc(C(=O)O)c1OCC(=O)O. The summed E-state index contributed by atoms with van der Waals surface area (Å²) in [6.07, 6.45) is 1.05. The molecule has 43 heavy (non-hydrogen) atoms. The van der Waals surface area contributed by atoms with Crippen molar-refractivity contribution in [2.45, 2.75) is 31.6 Å². The zero-order valence-electron chi connectivity index (χ0n) is 22.9. The smallest absolute Gasteiger partial charge is 0.349 e. The molecule has 16 heteroatoms. The molecule has 1 saturated heterocycles. The zero-order chi connectivity index (χ0) is 31.4. The first kappa shape index (κ1) is 32.5. The minimum absolute atomic E-state index is 0.0286. The van der Waals surface area contributed by atoms with E-state index in [0.29, 0.717) is 28.8 Å².